The number of carbonyl (C=O) groups is 2. The first-order valence-electron chi connectivity index (χ1n) is 9.62. The van der Waals surface area contributed by atoms with Gasteiger partial charge in [0.05, 0.1) is 11.3 Å². The molecule has 0 atom stereocenters. The Morgan fingerprint density at radius 3 is 2.60 bits per heavy atom. The van der Waals surface area contributed by atoms with E-state index >= 15 is 0 Å². The molecule has 0 saturated heterocycles. The molecule has 0 radical (unpaired) electrons. The molecule has 156 valence electrons. The maximum atomic E-state index is 12.3. The summed E-state index contributed by atoms with van der Waals surface area (Å²) in [5.74, 6) is -0.515. The van der Waals surface area contributed by atoms with Gasteiger partial charge in [0.25, 0.3) is 5.56 Å². The van der Waals surface area contributed by atoms with Crippen molar-refractivity contribution in [1.82, 2.24) is 20.0 Å². The van der Waals surface area contributed by atoms with Crippen LogP contribution in [0.1, 0.15) is 41.0 Å². The standard InChI is InChI=1S/C22H24N4O4/c1-14(2)24-22(29)23-12-16-6-8-17(9-7-16)21(28)30-13-18-11-19(27)26-10-4-5-15(3)20(26)25-18/h4-11,14H,12-13H2,1-3H3,(H2,23,24,29). The number of nitrogens with zero attached hydrogens (tertiary/aromatic N) is 2. The normalized spacial score (nSPS) is 10.8. The highest BCUT2D eigenvalue weighted by Gasteiger charge is 2.10. The Morgan fingerprint density at radius 2 is 1.90 bits per heavy atom. The maximum absolute atomic E-state index is 12.3. The molecule has 0 spiro atoms. The second kappa shape index (κ2) is 9.21. The van der Waals surface area contributed by atoms with Crippen molar-refractivity contribution in [2.45, 2.75) is 40.0 Å². The summed E-state index contributed by atoms with van der Waals surface area (Å²) in [7, 11) is 0. The van der Waals surface area contributed by atoms with Gasteiger partial charge in [-0.25, -0.2) is 14.6 Å². The van der Waals surface area contributed by atoms with Crippen LogP contribution in [-0.4, -0.2) is 27.4 Å². The summed E-state index contributed by atoms with van der Waals surface area (Å²) in [6.45, 7) is 5.87. The second-order valence-electron chi connectivity index (χ2n) is 7.23. The lowest BCUT2D eigenvalue weighted by atomic mass is 10.1. The molecule has 2 aromatic heterocycles. The SMILES string of the molecule is Cc1cccn2c(=O)cc(COC(=O)c3ccc(CNC(=O)NC(C)C)cc3)nc12. The average Bonchev–Trinajstić information content (AvgIpc) is 2.71. The van der Waals surface area contributed by atoms with E-state index in [1.807, 2.05) is 26.8 Å². The summed E-state index contributed by atoms with van der Waals surface area (Å²) in [5, 5.41) is 5.48. The first-order valence-corrected chi connectivity index (χ1v) is 9.62. The van der Waals surface area contributed by atoms with Gasteiger partial charge < -0.3 is 15.4 Å². The third-order valence-electron chi connectivity index (χ3n) is 4.35. The minimum absolute atomic E-state index is 0.0550. The second-order valence-corrected chi connectivity index (χ2v) is 7.23. The van der Waals surface area contributed by atoms with E-state index in [0.717, 1.165) is 11.1 Å². The van der Waals surface area contributed by atoms with Crippen LogP contribution in [0.4, 0.5) is 4.79 Å². The van der Waals surface area contributed by atoms with Gasteiger partial charge in [-0.15, -0.1) is 0 Å². The van der Waals surface area contributed by atoms with Crippen molar-refractivity contribution in [3.8, 4) is 0 Å². The molecule has 3 rings (SSSR count). The van der Waals surface area contributed by atoms with Gasteiger partial charge >= 0.3 is 12.0 Å². The molecule has 3 aromatic rings. The van der Waals surface area contributed by atoms with E-state index in [2.05, 4.69) is 15.6 Å². The van der Waals surface area contributed by atoms with Crippen molar-refractivity contribution < 1.29 is 14.3 Å². The molecule has 0 unspecified atom stereocenters. The van der Waals surface area contributed by atoms with E-state index in [9.17, 15) is 14.4 Å². The predicted octanol–water partition coefficient (Wildman–Crippen LogP) is 2.57. The first kappa shape index (κ1) is 21.0. The first-order chi connectivity index (χ1) is 14.3. The molecular weight excluding hydrogens is 384 g/mol. The number of urea groups is 1. The zero-order chi connectivity index (χ0) is 21.7. The molecule has 0 aliphatic carbocycles. The monoisotopic (exact) mass is 408 g/mol. The fourth-order valence-electron chi connectivity index (χ4n) is 2.86. The van der Waals surface area contributed by atoms with Gasteiger partial charge in [0.2, 0.25) is 0 Å². The molecular formula is C22H24N4O4. The van der Waals surface area contributed by atoms with Crippen molar-refractivity contribution in [2.75, 3.05) is 0 Å². The van der Waals surface area contributed by atoms with Crippen LogP contribution in [0.5, 0.6) is 0 Å². The van der Waals surface area contributed by atoms with E-state index < -0.39 is 5.97 Å². The van der Waals surface area contributed by atoms with Crippen LogP contribution >= 0.6 is 0 Å². The Labute approximate surface area is 173 Å². The van der Waals surface area contributed by atoms with Gasteiger partial charge in [0.1, 0.15) is 12.3 Å². The van der Waals surface area contributed by atoms with E-state index in [1.54, 1.807) is 36.5 Å². The highest BCUT2D eigenvalue weighted by atomic mass is 16.5. The van der Waals surface area contributed by atoms with Crippen molar-refractivity contribution in [2.24, 2.45) is 0 Å². The molecule has 30 heavy (non-hydrogen) atoms. The number of aromatic nitrogens is 2. The topological polar surface area (TPSA) is 102 Å². The zero-order valence-electron chi connectivity index (χ0n) is 17.1. The smallest absolute Gasteiger partial charge is 0.338 e. The van der Waals surface area contributed by atoms with Crippen molar-refractivity contribution >= 4 is 17.6 Å². The molecule has 2 amide bonds. The third-order valence-corrected chi connectivity index (χ3v) is 4.35. The van der Waals surface area contributed by atoms with Crippen LogP contribution in [0.3, 0.4) is 0 Å². The average molecular weight is 408 g/mol. The number of carbonyl (C=O) groups excluding carboxylic acids is 2. The number of benzene rings is 1. The lowest BCUT2D eigenvalue weighted by Crippen LogP contribution is -2.39. The number of fused-ring (bicyclic) bond motifs is 1. The Bertz CT molecular complexity index is 1120. The van der Waals surface area contributed by atoms with E-state index in [-0.39, 0.29) is 24.2 Å². The van der Waals surface area contributed by atoms with Crippen LogP contribution in [0.2, 0.25) is 0 Å². The van der Waals surface area contributed by atoms with E-state index in [1.165, 1.54) is 10.5 Å². The van der Waals surface area contributed by atoms with Gasteiger partial charge in [0.15, 0.2) is 0 Å². The number of ether oxygens (including phenoxy) is 1. The quantitative estimate of drug-likeness (QED) is 0.611. The molecule has 0 aliphatic rings. The van der Waals surface area contributed by atoms with Crippen molar-refractivity contribution in [3.05, 3.63) is 81.4 Å². The summed E-state index contributed by atoms with van der Waals surface area (Å²) >= 11 is 0. The Kier molecular flexibility index (Phi) is 6.46. The molecule has 2 heterocycles. The molecule has 8 nitrogen and oxygen atoms in total. The summed E-state index contributed by atoms with van der Waals surface area (Å²) in [6, 6.07) is 11.6. The zero-order valence-corrected chi connectivity index (χ0v) is 17.1. The number of pyridine rings is 1. The Hall–Kier alpha value is -3.68. The van der Waals surface area contributed by atoms with Gasteiger partial charge in [-0.05, 0) is 50.1 Å². The molecule has 0 bridgehead atoms. The van der Waals surface area contributed by atoms with Gasteiger partial charge in [-0.1, -0.05) is 18.2 Å². The molecule has 1 aromatic carbocycles. The Balaban J connectivity index is 1.60. The molecule has 8 heteroatoms. The van der Waals surface area contributed by atoms with E-state index in [0.29, 0.717) is 23.4 Å². The fraction of sp³-hybridized carbons (Fsp3) is 0.273. The highest BCUT2D eigenvalue weighted by Crippen LogP contribution is 2.09. The Morgan fingerprint density at radius 1 is 1.17 bits per heavy atom. The molecule has 2 N–H and O–H groups in total. The summed E-state index contributed by atoms with van der Waals surface area (Å²) in [4.78, 5) is 40.6. The highest BCUT2D eigenvalue weighted by molar-refractivity contribution is 5.89. The van der Waals surface area contributed by atoms with Crippen LogP contribution in [0, 0.1) is 6.92 Å². The van der Waals surface area contributed by atoms with Gasteiger partial charge in [-0.3, -0.25) is 9.20 Å². The van der Waals surface area contributed by atoms with Crippen LogP contribution < -0.4 is 16.2 Å². The van der Waals surface area contributed by atoms with Gasteiger partial charge in [-0.2, -0.15) is 0 Å². The third kappa shape index (κ3) is 5.22. The summed E-state index contributed by atoms with van der Waals surface area (Å²) < 4.78 is 6.76. The maximum Gasteiger partial charge on any atom is 0.338 e. The molecule has 0 aliphatic heterocycles. The van der Waals surface area contributed by atoms with Crippen LogP contribution in [0.15, 0.2) is 53.5 Å². The lowest BCUT2D eigenvalue weighted by Gasteiger charge is -2.10. The minimum Gasteiger partial charge on any atom is -0.456 e. The number of amides is 2. The number of hydrogen-bond donors (Lipinski definition) is 2. The van der Waals surface area contributed by atoms with Crippen molar-refractivity contribution in [3.63, 3.8) is 0 Å². The lowest BCUT2D eigenvalue weighted by molar-refractivity contribution is 0.0467. The molecule has 0 fully saturated rings. The summed E-state index contributed by atoms with van der Waals surface area (Å²) in [5.41, 5.74) is 2.78. The van der Waals surface area contributed by atoms with Gasteiger partial charge in [0, 0.05) is 24.8 Å². The molecule has 0 saturated carbocycles. The number of rotatable bonds is 6. The number of hydrogen-bond acceptors (Lipinski definition) is 5. The summed E-state index contributed by atoms with van der Waals surface area (Å²) in [6.07, 6.45) is 1.65. The predicted molar refractivity (Wildman–Crippen MR) is 112 cm³/mol. The van der Waals surface area contributed by atoms with Crippen LogP contribution in [0.25, 0.3) is 5.65 Å². The van der Waals surface area contributed by atoms with Crippen LogP contribution in [-0.2, 0) is 17.9 Å². The van der Waals surface area contributed by atoms with Crippen molar-refractivity contribution in [1.29, 1.82) is 0 Å². The largest absolute Gasteiger partial charge is 0.456 e. The fourth-order valence-corrected chi connectivity index (χ4v) is 2.86. The minimum atomic E-state index is -0.515. The number of nitrogens with one attached hydrogen (secondary N) is 2. The number of esters is 1. The number of aryl methyl sites for hydroxylation is 1. The van der Waals surface area contributed by atoms with E-state index in [4.69, 9.17) is 4.74 Å².